The zero-order valence-electron chi connectivity index (χ0n) is 10.3. The molecule has 0 aliphatic carbocycles. The number of hydrogen-bond donors (Lipinski definition) is 0. The minimum atomic E-state index is -0.237. The summed E-state index contributed by atoms with van der Waals surface area (Å²) >= 11 is 0. The normalized spacial score (nSPS) is 19.7. The molecular weight excluding hydrogens is 232 g/mol. The van der Waals surface area contributed by atoms with Gasteiger partial charge in [-0.15, -0.1) is 0 Å². The Hall–Kier alpha value is -1.91. The van der Waals surface area contributed by atoms with Crippen LogP contribution in [0.4, 0.5) is 0 Å². The molecule has 2 heterocycles. The average Bonchev–Trinajstić information content (AvgIpc) is 2.41. The summed E-state index contributed by atoms with van der Waals surface area (Å²) in [6.45, 7) is 0.931. The number of piperidine rings is 1. The zero-order valence-corrected chi connectivity index (χ0v) is 10.3. The topological polar surface area (TPSA) is 59.5 Å². The molecule has 0 bridgehead atoms. The number of amides is 1. The number of carbonyl (C=O) groups is 2. The van der Waals surface area contributed by atoms with E-state index in [1.165, 1.54) is 7.11 Å². The Kier molecular flexibility index (Phi) is 3.92. The molecule has 0 aromatic carbocycles. The largest absolute Gasteiger partial charge is 0.469 e. The van der Waals surface area contributed by atoms with E-state index in [1.54, 1.807) is 17.3 Å². The molecule has 0 radical (unpaired) electrons. The monoisotopic (exact) mass is 248 g/mol. The summed E-state index contributed by atoms with van der Waals surface area (Å²) in [5.41, 5.74) is 0.969. The van der Waals surface area contributed by atoms with Gasteiger partial charge in [0.1, 0.15) is 0 Å². The summed E-state index contributed by atoms with van der Waals surface area (Å²) in [5, 5.41) is 0. The minimum Gasteiger partial charge on any atom is -0.469 e. The molecule has 1 unspecified atom stereocenters. The van der Waals surface area contributed by atoms with Crippen LogP contribution in [0.2, 0.25) is 0 Å². The van der Waals surface area contributed by atoms with E-state index >= 15 is 0 Å². The lowest BCUT2D eigenvalue weighted by atomic mass is 9.97. The Morgan fingerprint density at radius 1 is 1.61 bits per heavy atom. The first kappa shape index (κ1) is 12.5. The third kappa shape index (κ3) is 2.85. The van der Waals surface area contributed by atoms with Crippen molar-refractivity contribution < 1.29 is 14.3 Å². The number of esters is 1. The molecule has 1 fully saturated rings. The van der Waals surface area contributed by atoms with Crippen molar-refractivity contribution in [1.29, 1.82) is 0 Å². The van der Waals surface area contributed by atoms with Gasteiger partial charge in [-0.2, -0.15) is 0 Å². The first-order chi connectivity index (χ1) is 8.70. The quantitative estimate of drug-likeness (QED) is 0.748. The lowest BCUT2D eigenvalue weighted by Gasteiger charge is -2.31. The lowest BCUT2D eigenvalue weighted by molar-refractivity contribution is -0.150. The number of hydrogen-bond acceptors (Lipinski definition) is 4. The molecule has 0 saturated carbocycles. The second-order valence-corrected chi connectivity index (χ2v) is 4.39. The molecular formula is C13H16N2O3. The van der Waals surface area contributed by atoms with Gasteiger partial charge in [-0.25, -0.2) is 0 Å². The van der Waals surface area contributed by atoms with Gasteiger partial charge in [-0.3, -0.25) is 14.6 Å². The molecule has 1 aliphatic heterocycles. The van der Waals surface area contributed by atoms with Gasteiger partial charge in [0.15, 0.2) is 0 Å². The predicted octanol–water partition coefficient (Wildman–Crippen LogP) is 0.993. The van der Waals surface area contributed by atoms with Crippen molar-refractivity contribution in [3.63, 3.8) is 0 Å². The molecule has 1 saturated heterocycles. The molecule has 1 amide bonds. The molecule has 0 N–H and O–H groups in total. The van der Waals surface area contributed by atoms with Crippen LogP contribution in [0.5, 0.6) is 0 Å². The SMILES string of the molecule is COC(=O)C1CCC(=O)N(Cc2cccnc2)C1. The van der Waals surface area contributed by atoms with Gasteiger partial charge in [0, 0.05) is 31.9 Å². The molecule has 5 nitrogen and oxygen atoms in total. The highest BCUT2D eigenvalue weighted by Gasteiger charge is 2.30. The van der Waals surface area contributed by atoms with E-state index < -0.39 is 0 Å². The number of nitrogens with zero attached hydrogens (tertiary/aromatic N) is 2. The summed E-state index contributed by atoms with van der Waals surface area (Å²) in [6.07, 6.45) is 4.41. The van der Waals surface area contributed by atoms with Gasteiger partial charge in [0.05, 0.1) is 13.0 Å². The maximum Gasteiger partial charge on any atom is 0.310 e. The summed E-state index contributed by atoms with van der Waals surface area (Å²) in [6, 6.07) is 3.75. The number of pyridine rings is 1. The maximum atomic E-state index is 11.8. The van der Waals surface area contributed by atoms with E-state index in [2.05, 4.69) is 4.98 Å². The standard InChI is InChI=1S/C13H16N2O3/c1-18-13(17)11-4-5-12(16)15(9-11)8-10-3-2-6-14-7-10/h2-3,6-7,11H,4-5,8-9H2,1H3. The Balaban J connectivity index is 2.02. The van der Waals surface area contributed by atoms with Crippen LogP contribution in [0.25, 0.3) is 0 Å². The Labute approximate surface area is 106 Å². The van der Waals surface area contributed by atoms with Gasteiger partial charge in [-0.1, -0.05) is 6.07 Å². The molecule has 1 aromatic rings. The van der Waals surface area contributed by atoms with E-state index in [0.29, 0.717) is 25.9 Å². The fourth-order valence-corrected chi connectivity index (χ4v) is 2.14. The lowest BCUT2D eigenvalue weighted by Crippen LogP contribution is -2.42. The molecule has 1 aromatic heterocycles. The number of methoxy groups -OCH3 is 1. The zero-order chi connectivity index (χ0) is 13.0. The van der Waals surface area contributed by atoms with Gasteiger partial charge < -0.3 is 9.64 Å². The third-order valence-electron chi connectivity index (χ3n) is 3.13. The smallest absolute Gasteiger partial charge is 0.310 e. The third-order valence-corrected chi connectivity index (χ3v) is 3.13. The van der Waals surface area contributed by atoms with Crippen LogP contribution in [-0.2, 0) is 20.9 Å². The number of carbonyl (C=O) groups excluding carboxylic acids is 2. The summed E-state index contributed by atoms with van der Waals surface area (Å²) in [4.78, 5) is 29.0. The van der Waals surface area contributed by atoms with Crippen LogP contribution in [-0.4, -0.2) is 35.4 Å². The molecule has 18 heavy (non-hydrogen) atoms. The summed E-state index contributed by atoms with van der Waals surface area (Å²) < 4.78 is 4.73. The van der Waals surface area contributed by atoms with E-state index in [-0.39, 0.29) is 17.8 Å². The van der Waals surface area contributed by atoms with Gasteiger partial charge in [0.25, 0.3) is 0 Å². The van der Waals surface area contributed by atoms with Crippen LogP contribution in [0.1, 0.15) is 18.4 Å². The average molecular weight is 248 g/mol. The van der Waals surface area contributed by atoms with Crippen LogP contribution < -0.4 is 0 Å². The highest BCUT2D eigenvalue weighted by atomic mass is 16.5. The second kappa shape index (κ2) is 5.62. The van der Waals surface area contributed by atoms with Crippen molar-refractivity contribution in [3.05, 3.63) is 30.1 Å². The van der Waals surface area contributed by atoms with Crippen molar-refractivity contribution in [2.75, 3.05) is 13.7 Å². The highest BCUT2D eigenvalue weighted by Crippen LogP contribution is 2.20. The van der Waals surface area contributed by atoms with Crippen molar-refractivity contribution in [3.8, 4) is 0 Å². The van der Waals surface area contributed by atoms with Crippen LogP contribution in [0, 0.1) is 5.92 Å². The predicted molar refractivity (Wildman–Crippen MR) is 64.4 cm³/mol. The van der Waals surface area contributed by atoms with Crippen molar-refractivity contribution in [1.82, 2.24) is 9.88 Å². The van der Waals surface area contributed by atoms with E-state index in [9.17, 15) is 9.59 Å². The van der Waals surface area contributed by atoms with E-state index in [1.807, 2.05) is 12.1 Å². The van der Waals surface area contributed by atoms with Crippen LogP contribution in [0.3, 0.4) is 0 Å². The fourth-order valence-electron chi connectivity index (χ4n) is 2.14. The van der Waals surface area contributed by atoms with Crippen LogP contribution >= 0.6 is 0 Å². The maximum absolute atomic E-state index is 11.8. The van der Waals surface area contributed by atoms with Gasteiger partial charge in [-0.05, 0) is 18.1 Å². The summed E-state index contributed by atoms with van der Waals surface area (Å²) in [7, 11) is 1.38. The number of likely N-dealkylation sites (tertiary alicyclic amines) is 1. The molecule has 5 heteroatoms. The highest BCUT2D eigenvalue weighted by molar-refractivity contribution is 5.81. The first-order valence-electron chi connectivity index (χ1n) is 5.95. The van der Waals surface area contributed by atoms with Crippen molar-refractivity contribution in [2.45, 2.75) is 19.4 Å². The van der Waals surface area contributed by atoms with Crippen molar-refractivity contribution >= 4 is 11.9 Å². The number of rotatable bonds is 3. The molecule has 1 aliphatic rings. The molecule has 1 atom stereocenters. The number of ether oxygens (including phenoxy) is 1. The number of aromatic nitrogens is 1. The molecule has 96 valence electrons. The Morgan fingerprint density at radius 3 is 3.11 bits per heavy atom. The minimum absolute atomic E-state index is 0.0824. The van der Waals surface area contributed by atoms with Gasteiger partial charge >= 0.3 is 5.97 Å². The Morgan fingerprint density at radius 2 is 2.44 bits per heavy atom. The van der Waals surface area contributed by atoms with Crippen LogP contribution in [0.15, 0.2) is 24.5 Å². The Bertz CT molecular complexity index is 433. The second-order valence-electron chi connectivity index (χ2n) is 4.39. The molecule has 2 rings (SSSR count). The van der Waals surface area contributed by atoms with E-state index in [4.69, 9.17) is 4.74 Å². The fraction of sp³-hybridized carbons (Fsp3) is 0.462. The summed E-state index contributed by atoms with van der Waals surface area (Å²) in [5.74, 6) is -0.359. The van der Waals surface area contributed by atoms with Crippen molar-refractivity contribution in [2.24, 2.45) is 5.92 Å². The molecule has 0 spiro atoms. The van der Waals surface area contributed by atoms with E-state index in [0.717, 1.165) is 5.56 Å². The first-order valence-corrected chi connectivity index (χ1v) is 5.95. The van der Waals surface area contributed by atoms with Gasteiger partial charge in [0.2, 0.25) is 5.91 Å².